The van der Waals surface area contributed by atoms with Crippen molar-refractivity contribution in [2.24, 2.45) is 0 Å². The molecule has 1 rings (SSSR count). The van der Waals surface area contributed by atoms with E-state index in [2.05, 4.69) is 11.5 Å². The minimum Gasteiger partial charge on any atom is -0.392 e. The highest BCUT2D eigenvalue weighted by Crippen LogP contribution is 2.19. The summed E-state index contributed by atoms with van der Waals surface area (Å²) < 4.78 is 0. The van der Waals surface area contributed by atoms with E-state index in [1.165, 1.54) is 0 Å². The Morgan fingerprint density at radius 3 is 2.64 bits per heavy atom. The summed E-state index contributed by atoms with van der Waals surface area (Å²) in [7, 11) is 2.00. The van der Waals surface area contributed by atoms with Crippen LogP contribution >= 0.6 is 0 Å². The molecule has 14 heavy (non-hydrogen) atoms. The van der Waals surface area contributed by atoms with Crippen molar-refractivity contribution < 1.29 is 5.11 Å². The lowest BCUT2D eigenvalue weighted by molar-refractivity contribution is 0.282. The molecule has 0 aliphatic heterocycles. The lowest BCUT2D eigenvalue weighted by atomic mass is 10.1. The maximum atomic E-state index is 9.15. The molecule has 0 heterocycles. The van der Waals surface area contributed by atoms with Crippen molar-refractivity contribution in [3.8, 4) is 0 Å². The lowest BCUT2D eigenvalue weighted by Crippen LogP contribution is -2.20. The van der Waals surface area contributed by atoms with Crippen molar-refractivity contribution in [2.75, 3.05) is 18.5 Å². The first kappa shape index (κ1) is 10.8. The average molecular weight is 191 g/mol. The Balaban J connectivity index is 2.87. The van der Waals surface area contributed by atoms with E-state index in [-0.39, 0.29) is 6.61 Å². The Kier molecular flexibility index (Phi) is 3.72. The zero-order chi connectivity index (χ0) is 10.6. The highest BCUT2D eigenvalue weighted by molar-refractivity contribution is 5.53. The van der Waals surface area contributed by atoms with Crippen molar-refractivity contribution in [1.82, 2.24) is 0 Å². The molecule has 76 valence electrons. The summed E-state index contributed by atoms with van der Waals surface area (Å²) in [6, 6.07) is 7.85. The molecule has 0 unspecified atom stereocenters. The number of aliphatic hydroxyl groups excluding tert-OH is 1. The minimum atomic E-state index is 0.0801. The van der Waals surface area contributed by atoms with E-state index in [9.17, 15) is 0 Å². The van der Waals surface area contributed by atoms with Gasteiger partial charge in [0.1, 0.15) is 0 Å². The van der Waals surface area contributed by atoms with Crippen LogP contribution in [-0.2, 0) is 6.61 Å². The van der Waals surface area contributed by atoms with E-state index < -0.39 is 0 Å². The summed E-state index contributed by atoms with van der Waals surface area (Å²) in [4.78, 5) is 2.09. The van der Waals surface area contributed by atoms with Crippen LogP contribution in [0.2, 0.25) is 0 Å². The van der Waals surface area contributed by atoms with Crippen LogP contribution in [0.1, 0.15) is 12.5 Å². The summed E-state index contributed by atoms with van der Waals surface area (Å²) in [6.07, 6.45) is 0. The Morgan fingerprint density at radius 1 is 1.43 bits per heavy atom. The number of hydrogen-bond acceptors (Lipinski definition) is 2. The van der Waals surface area contributed by atoms with E-state index in [0.29, 0.717) is 0 Å². The van der Waals surface area contributed by atoms with E-state index >= 15 is 0 Å². The third kappa shape index (κ3) is 2.60. The summed E-state index contributed by atoms with van der Waals surface area (Å²) in [5.74, 6) is 0. The summed E-state index contributed by atoms with van der Waals surface area (Å²) in [6.45, 7) is 6.77. The van der Waals surface area contributed by atoms with Gasteiger partial charge in [-0.25, -0.2) is 0 Å². The quantitative estimate of drug-likeness (QED) is 0.737. The molecule has 0 spiro atoms. The summed E-state index contributed by atoms with van der Waals surface area (Å²) in [5, 5.41) is 9.15. The Bertz CT molecular complexity index is 320. The molecule has 2 heteroatoms. The second-order valence-electron chi connectivity index (χ2n) is 3.60. The van der Waals surface area contributed by atoms with Crippen molar-refractivity contribution >= 4 is 5.69 Å². The van der Waals surface area contributed by atoms with E-state index in [0.717, 1.165) is 23.4 Å². The number of rotatable bonds is 4. The summed E-state index contributed by atoms with van der Waals surface area (Å²) >= 11 is 0. The molecule has 0 bridgehead atoms. The van der Waals surface area contributed by atoms with Crippen LogP contribution in [0.5, 0.6) is 0 Å². The number of aliphatic hydroxyl groups is 1. The van der Waals surface area contributed by atoms with Gasteiger partial charge in [0.25, 0.3) is 0 Å². The Labute approximate surface area is 85.5 Å². The molecule has 0 aliphatic carbocycles. The van der Waals surface area contributed by atoms with Gasteiger partial charge in [0.2, 0.25) is 0 Å². The molecule has 0 saturated heterocycles. The number of anilines is 1. The molecule has 0 radical (unpaired) electrons. The van der Waals surface area contributed by atoms with Crippen LogP contribution in [0.3, 0.4) is 0 Å². The fraction of sp³-hybridized carbons (Fsp3) is 0.333. The number of benzene rings is 1. The normalized spacial score (nSPS) is 9.93. The van der Waals surface area contributed by atoms with E-state index in [1.807, 2.05) is 38.2 Å². The predicted molar refractivity (Wildman–Crippen MR) is 60.4 cm³/mol. The molecule has 0 aliphatic rings. The molecule has 0 amide bonds. The second-order valence-corrected chi connectivity index (χ2v) is 3.60. The molecule has 1 N–H and O–H groups in total. The number of para-hydroxylation sites is 1. The van der Waals surface area contributed by atoms with Gasteiger partial charge >= 0.3 is 0 Å². The van der Waals surface area contributed by atoms with Gasteiger partial charge in [0, 0.05) is 24.8 Å². The molecule has 0 saturated carbocycles. The third-order valence-electron chi connectivity index (χ3n) is 2.08. The van der Waals surface area contributed by atoms with Gasteiger partial charge in [-0.2, -0.15) is 0 Å². The highest BCUT2D eigenvalue weighted by atomic mass is 16.3. The smallest absolute Gasteiger partial charge is 0.0702 e. The molecule has 1 aromatic carbocycles. The lowest BCUT2D eigenvalue weighted by Gasteiger charge is -2.21. The molecular formula is C12H17NO. The first-order chi connectivity index (χ1) is 6.65. The van der Waals surface area contributed by atoms with E-state index in [4.69, 9.17) is 5.11 Å². The standard InChI is InChI=1S/C12H17NO/c1-10(2)8-13(3)12-7-5-4-6-11(12)9-14/h4-7,14H,1,8-9H2,2-3H3. The van der Waals surface area contributed by atoms with Gasteiger partial charge in [-0.3, -0.25) is 0 Å². The van der Waals surface area contributed by atoms with Crippen molar-refractivity contribution in [3.05, 3.63) is 42.0 Å². The second kappa shape index (κ2) is 4.82. The maximum Gasteiger partial charge on any atom is 0.0702 e. The van der Waals surface area contributed by atoms with Gasteiger partial charge in [0.05, 0.1) is 6.61 Å². The fourth-order valence-electron chi connectivity index (χ4n) is 1.51. The first-order valence-corrected chi connectivity index (χ1v) is 4.69. The van der Waals surface area contributed by atoms with Gasteiger partial charge < -0.3 is 10.0 Å². The summed E-state index contributed by atoms with van der Waals surface area (Å²) in [5.41, 5.74) is 3.13. The average Bonchev–Trinajstić information content (AvgIpc) is 2.16. The van der Waals surface area contributed by atoms with Crippen molar-refractivity contribution in [1.29, 1.82) is 0 Å². The van der Waals surface area contributed by atoms with Gasteiger partial charge in [0.15, 0.2) is 0 Å². The van der Waals surface area contributed by atoms with Crippen LogP contribution < -0.4 is 4.90 Å². The van der Waals surface area contributed by atoms with Crippen molar-refractivity contribution in [2.45, 2.75) is 13.5 Å². The Morgan fingerprint density at radius 2 is 2.07 bits per heavy atom. The fourth-order valence-corrected chi connectivity index (χ4v) is 1.51. The van der Waals surface area contributed by atoms with Gasteiger partial charge in [-0.05, 0) is 13.0 Å². The first-order valence-electron chi connectivity index (χ1n) is 4.69. The zero-order valence-electron chi connectivity index (χ0n) is 8.83. The van der Waals surface area contributed by atoms with Gasteiger partial charge in [-0.1, -0.05) is 30.4 Å². The molecule has 0 atom stereocenters. The van der Waals surface area contributed by atoms with Gasteiger partial charge in [-0.15, -0.1) is 0 Å². The molecule has 1 aromatic rings. The number of nitrogens with zero attached hydrogens (tertiary/aromatic N) is 1. The van der Waals surface area contributed by atoms with Crippen LogP contribution in [0.4, 0.5) is 5.69 Å². The molecular weight excluding hydrogens is 174 g/mol. The maximum absolute atomic E-state index is 9.15. The zero-order valence-corrected chi connectivity index (χ0v) is 8.83. The molecule has 0 fully saturated rings. The third-order valence-corrected chi connectivity index (χ3v) is 2.08. The SMILES string of the molecule is C=C(C)CN(C)c1ccccc1CO. The number of likely N-dealkylation sites (N-methyl/N-ethyl adjacent to an activating group) is 1. The molecule has 0 aromatic heterocycles. The van der Waals surface area contributed by atoms with Crippen LogP contribution in [0.25, 0.3) is 0 Å². The van der Waals surface area contributed by atoms with E-state index in [1.54, 1.807) is 0 Å². The van der Waals surface area contributed by atoms with Crippen LogP contribution in [0, 0.1) is 0 Å². The topological polar surface area (TPSA) is 23.5 Å². The molecule has 2 nitrogen and oxygen atoms in total. The van der Waals surface area contributed by atoms with Crippen LogP contribution in [0.15, 0.2) is 36.4 Å². The highest BCUT2D eigenvalue weighted by Gasteiger charge is 2.05. The predicted octanol–water partition coefficient (Wildman–Crippen LogP) is 2.19. The van der Waals surface area contributed by atoms with Crippen molar-refractivity contribution in [3.63, 3.8) is 0 Å². The monoisotopic (exact) mass is 191 g/mol. The minimum absolute atomic E-state index is 0.0801. The Hall–Kier alpha value is -1.28. The largest absolute Gasteiger partial charge is 0.392 e. The van der Waals surface area contributed by atoms with Crippen LogP contribution in [-0.4, -0.2) is 18.7 Å². The number of hydrogen-bond donors (Lipinski definition) is 1.